The van der Waals surface area contributed by atoms with E-state index in [1.807, 2.05) is 19.1 Å². The first-order chi connectivity index (χ1) is 9.58. The van der Waals surface area contributed by atoms with Crippen LogP contribution < -0.4 is 11.1 Å². The topological polar surface area (TPSA) is 113 Å². The molecule has 0 saturated heterocycles. The standard InChI is InChI=1S/C12H13N5O2S/c1-7-3-2-4-8(5-7)11(18)14-12-16-15-10(20-12)6-9(13)17-19/h2-5,19H,6H2,1H3,(H2,13,17)(H,14,16,18). The Morgan fingerprint density at radius 1 is 1.50 bits per heavy atom. The molecule has 1 heterocycles. The van der Waals surface area contributed by atoms with E-state index in [9.17, 15) is 4.79 Å². The van der Waals surface area contributed by atoms with E-state index in [1.54, 1.807) is 12.1 Å². The lowest BCUT2D eigenvalue weighted by Crippen LogP contribution is -2.14. The number of rotatable bonds is 4. The normalized spacial score (nSPS) is 11.3. The largest absolute Gasteiger partial charge is 0.409 e. The summed E-state index contributed by atoms with van der Waals surface area (Å²) in [5, 5.41) is 22.6. The van der Waals surface area contributed by atoms with Crippen LogP contribution in [0.25, 0.3) is 0 Å². The number of nitrogens with one attached hydrogen (secondary N) is 1. The van der Waals surface area contributed by atoms with Gasteiger partial charge in [0.1, 0.15) is 10.8 Å². The highest BCUT2D eigenvalue weighted by atomic mass is 32.1. The van der Waals surface area contributed by atoms with Crippen molar-refractivity contribution in [3.05, 3.63) is 40.4 Å². The molecular formula is C12H13N5O2S. The fraction of sp³-hybridized carbons (Fsp3) is 0.167. The molecule has 1 amide bonds. The van der Waals surface area contributed by atoms with Gasteiger partial charge >= 0.3 is 0 Å². The van der Waals surface area contributed by atoms with Crippen LogP contribution in [0.1, 0.15) is 20.9 Å². The predicted octanol–water partition coefficient (Wildman–Crippen LogP) is 1.39. The van der Waals surface area contributed by atoms with Crippen LogP contribution in [0.2, 0.25) is 0 Å². The number of aryl methyl sites for hydroxylation is 1. The van der Waals surface area contributed by atoms with Crippen LogP contribution in [0.4, 0.5) is 5.13 Å². The number of hydrogen-bond donors (Lipinski definition) is 3. The summed E-state index contributed by atoms with van der Waals surface area (Å²) >= 11 is 1.18. The Morgan fingerprint density at radius 3 is 3.00 bits per heavy atom. The van der Waals surface area contributed by atoms with Gasteiger partial charge < -0.3 is 10.9 Å². The van der Waals surface area contributed by atoms with Gasteiger partial charge in [0.05, 0.1) is 6.42 Å². The molecule has 0 aliphatic carbocycles. The molecule has 0 saturated carbocycles. The van der Waals surface area contributed by atoms with Gasteiger partial charge in [-0.3, -0.25) is 10.1 Å². The molecule has 0 aliphatic heterocycles. The van der Waals surface area contributed by atoms with Crippen LogP contribution >= 0.6 is 11.3 Å². The van der Waals surface area contributed by atoms with Crippen LogP contribution in [0.5, 0.6) is 0 Å². The minimum Gasteiger partial charge on any atom is -0.409 e. The zero-order chi connectivity index (χ0) is 14.5. The van der Waals surface area contributed by atoms with Gasteiger partial charge in [-0.1, -0.05) is 34.2 Å². The molecule has 4 N–H and O–H groups in total. The monoisotopic (exact) mass is 291 g/mol. The van der Waals surface area contributed by atoms with Gasteiger partial charge in [-0.05, 0) is 19.1 Å². The minimum atomic E-state index is -0.250. The molecule has 0 aliphatic rings. The smallest absolute Gasteiger partial charge is 0.257 e. The van der Waals surface area contributed by atoms with Gasteiger partial charge in [0.15, 0.2) is 0 Å². The zero-order valence-corrected chi connectivity index (χ0v) is 11.5. The SMILES string of the molecule is Cc1cccc(C(=O)Nc2nnc(CC(N)=NO)s2)c1. The molecule has 0 bridgehead atoms. The number of benzene rings is 1. The summed E-state index contributed by atoms with van der Waals surface area (Å²) in [6.07, 6.45) is 0.189. The molecule has 20 heavy (non-hydrogen) atoms. The second kappa shape index (κ2) is 6.11. The van der Waals surface area contributed by atoms with Crippen LogP contribution in [0.3, 0.4) is 0 Å². The van der Waals surface area contributed by atoms with E-state index in [1.165, 1.54) is 11.3 Å². The third kappa shape index (κ3) is 3.51. The quantitative estimate of drug-likeness (QED) is 0.341. The average Bonchev–Trinajstić information content (AvgIpc) is 2.85. The van der Waals surface area contributed by atoms with E-state index >= 15 is 0 Å². The van der Waals surface area contributed by atoms with E-state index in [0.29, 0.717) is 15.7 Å². The third-order valence-corrected chi connectivity index (χ3v) is 3.27. The van der Waals surface area contributed by atoms with Gasteiger partial charge in [0.2, 0.25) is 5.13 Å². The first-order valence-electron chi connectivity index (χ1n) is 5.75. The molecule has 1 aromatic heterocycles. The highest BCUT2D eigenvalue weighted by Gasteiger charge is 2.11. The Labute approximate surface area is 119 Å². The van der Waals surface area contributed by atoms with Crippen molar-refractivity contribution in [1.29, 1.82) is 0 Å². The average molecular weight is 291 g/mol. The molecule has 0 atom stereocenters. The van der Waals surface area contributed by atoms with Crippen LogP contribution in [-0.2, 0) is 6.42 Å². The second-order valence-corrected chi connectivity index (χ2v) is 5.15. The van der Waals surface area contributed by atoms with Gasteiger partial charge in [0.25, 0.3) is 5.91 Å². The lowest BCUT2D eigenvalue weighted by molar-refractivity contribution is 0.102. The second-order valence-electron chi connectivity index (χ2n) is 4.09. The van der Waals surface area contributed by atoms with Crippen LogP contribution in [0.15, 0.2) is 29.4 Å². The zero-order valence-electron chi connectivity index (χ0n) is 10.7. The van der Waals surface area contributed by atoms with Gasteiger partial charge in [-0.25, -0.2) is 0 Å². The fourth-order valence-corrected chi connectivity index (χ4v) is 2.27. The Bertz CT molecular complexity index is 653. The molecule has 0 spiro atoms. The first-order valence-corrected chi connectivity index (χ1v) is 6.57. The van der Waals surface area contributed by atoms with Crippen molar-refractivity contribution in [3.8, 4) is 0 Å². The maximum Gasteiger partial charge on any atom is 0.257 e. The molecule has 8 heteroatoms. The molecular weight excluding hydrogens is 278 g/mol. The Kier molecular flexibility index (Phi) is 4.26. The summed E-state index contributed by atoms with van der Waals surface area (Å²) in [7, 11) is 0. The summed E-state index contributed by atoms with van der Waals surface area (Å²) < 4.78 is 0. The number of carbonyl (C=O) groups is 1. The Morgan fingerprint density at radius 2 is 2.30 bits per heavy atom. The highest BCUT2D eigenvalue weighted by molar-refractivity contribution is 7.15. The van der Waals surface area contributed by atoms with E-state index in [-0.39, 0.29) is 18.2 Å². The number of aromatic nitrogens is 2. The van der Waals surface area contributed by atoms with E-state index in [4.69, 9.17) is 10.9 Å². The van der Waals surface area contributed by atoms with Crippen LogP contribution in [0, 0.1) is 6.92 Å². The number of oxime groups is 1. The molecule has 2 rings (SSSR count). The number of hydrogen-bond acceptors (Lipinski definition) is 6. The maximum absolute atomic E-state index is 12.0. The van der Waals surface area contributed by atoms with Crippen molar-refractivity contribution in [2.75, 3.05) is 5.32 Å². The highest BCUT2D eigenvalue weighted by Crippen LogP contribution is 2.17. The Balaban J connectivity index is 2.05. The maximum atomic E-state index is 12.0. The van der Waals surface area contributed by atoms with Crippen molar-refractivity contribution in [2.24, 2.45) is 10.9 Å². The summed E-state index contributed by atoms with van der Waals surface area (Å²) in [6.45, 7) is 1.91. The number of anilines is 1. The lowest BCUT2D eigenvalue weighted by atomic mass is 10.1. The van der Waals surface area contributed by atoms with Crippen molar-refractivity contribution >= 4 is 28.2 Å². The number of nitrogens with two attached hydrogens (primary N) is 1. The molecule has 2 aromatic rings. The van der Waals surface area contributed by atoms with Gasteiger partial charge in [0, 0.05) is 5.56 Å². The summed E-state index contributed by atoms with van der Waals surface area (Å²) in [5.41, 5.74) is 6.93. The van der Waals surface area contributed by atoms with Crippen molar-refractivity contribution in [2.45, 2.75) is 13.3 Å². The lowest BCUT2D eigenvalue weighted by Gasteiger charge is -2.01. The molecule has 1 aromatic carbocycles. The molecule has 0 unspecified atom stereocenters. The number of amidine groups is 1. The molecule has 0 radical (unpaired) electrons. The summed E-state index contributed by atoms with van der Waals surface area (Å²) in [5.74, 6) is -0.210. The van der Waals surface area contributed by atoms with Crippen molar-refractivity contribution < 1.29 is 10.0 Å². The summed E-state index contributed by atoms with van der Waals surface area (Å²) in [4.78, 5) is 12.0. The number of nitrogens with zero attached hydrogens (tertiary/aromatic N) is 3. The summed E-state index contributed by atoms with van der Waals surface area (Å²) in [6, 6.07) is 7.24. The van der Waals surface area contributed by atoms with E-state index < -0.39 is 0 Å². The van der Waals surface area contributed by atoms with Crippen molar-refractivity contribution in [3.63, 3.8) is 0 Å². The molecule has 0 fully saturated rings. The van der Waals surface area contributed by atoms with Crippen LogP contribution in [-0.4, -0.2) is 27.1 Å². The fourth-order valence-electron chi connectivity index (χ4n) is 1.52. The van der Waals surface area contributed by atoms with Crippen molar-refractivity contribution in [1.82, 2.24) is 10.2 Å². The van der Waals surface area contributed by atoms with Gasteiger partial charge in [-0.15, -0.1) is 10.2 Å². The number of amides is 1. The van der Waals surface area contributed by atoms with Gasteiger partial charge in [-0.2, -0.15) is 0 Å². The first kappa shape index (κ1) is 13.9. The molecule has 104 valence electrons. The van der Waals surface area contributed by atoms with E-state index in [2.05, 4.69) is 20.7 Å². The third-order valence-electron chi connectivity index (χ3n) is 2.43. The molecule has 7 nitrogen and oxygen atoms in total. The number of carbonyl (C=O) groups excluding carboxylic acids is 1. The predicted molar refractivity (Wildman–Crippen MR) is 76.2 cm³/mol. The minimum absolute atomic E-state index is 0.0395. The van der Waals surface area contributed by atoms with E-state index in [0.717, 1.165) is 5.56 Å². The Hall–Kier alpha value is -2.48.